The first-order chi connectivity index (χ1) is 12.7. The molecule has 0 aliphatic carbocycles. The van der Waals surface area contributed by atoms with E-state index in [2.05, 4.69) is 15.5 Å². The molecule has 6 nitrogen and oxygen atoms in total. The Balaban J connectivity index is 1.89. The molecule has 7 heteroatoms. The van der Waals surface area contributed by atoms with Crippen LogP contribution >= 0.6 is 11.6 Å². The van der Waals surface area contributed by atoms with Crippen LogP contribution in [-0.2, 0) is 0 Å². The number of pyridine rings is 1. The normalized spacial score (nSPS) is 10.9. The molecule has 3 aromatic rings. The number of hydrazone groups is 1. The number of hydrogen-bond acceptors (Lipinski definition) is 6. The van der Waals surface area contributed by atoms with Gasteiger partial charge >= 0.3 is 0 Å². The molecular weight excluding hydrogens is 354 g/mol. The topological polar surface area (TPSA) is 65.0 Å². The molecule has 1 N–H and O–H groups in total. The van der Waals surface area contributed by atoms with Gasteiger partial charge in [0.1, 0.15) is 5.75 Å². The summed E-state index contributed by atoms with van der Waals surface area (Å²) in [5.41, 5.74) is 5.40. The zero-order valence-corrected chi connectivity index (χ0v) is 15.4. The first-order valence-electron chi connectivity index (χ1n) is 7.79. The van der Waals surface area contributed by atoms with E-state index >= 15 is 0 Å². The molecule has 0 fully saturated rings. The molecule has 0 radical (unpaired) electrons. The molecule has 1 heterocycles. The molecule has 0 aliphatic heterocycles. The van der Waals surface area contributed by atoms with Crippen LogP contribution in [0.25, 0.3) is 10.9 Å². The fourth-order valence-electron chi connectivity index (χ4n) is 2.54. The minimum absolute atomic E-state index is 0.589. The SMILES string of the molecule is COc1cc(OC)c(OC)cc1/C=N\Nc1ccnc2cc(Cl)ccc12. The highest BCUT2D eigenvalue weighted by molar-refractivity contribution is 6.31. The monoisotopic (exact) mass is 371 g/mol. The number of ether oxygens (including phenoxy) is 3. The average Bonchev–Trinajstić information content (AvgIpc) is 2.67. The number of benzene rings is 2. The van der Waals surface area contributed by atoms with Crippen molar-refractivity contribution in [2.75, 3.05) is 26.8 Å². The van der Waals surface area contributed by atoms with Crippen molar-refractivity contribution in [3.8, 4) is 17.2 Å². The van der Waals surface area contributed by atoms with E-state index < -0.39 is 0 Å². The van der Waals surface area contributed by atoms with Gasteiger partial charge < -0.3 is 14.2 Å². The second-order valence-electron chi connectivity index (χ2n) is 5.34. The van der Waals surface area contributed by atoms with Crippen LogP contribution in [0.3, 0.4) is 0 Å². The molecule has 134 valence electrons. The molecule has 0 saturated heterocycles. The Hall–Kier alpha value is -2.99. The van der Waals surface area contributed by atoms with Crippen molar-refractivity contribution in [1.82, 2.24) is 4.98 Å². The number of nitrogens with one attached hydrogen (secondary N) is 1. The number of aromatic nitrogens is 1. The van der Waals surface area contributed by atoms with Crippen molar-refractivity contribution in [3.05, 3.63) is 53.2 Å². The number of nitrogens with zero attached hydrogens (tertiary/aromatic N) is 2. The zero-order valence-electron chi connectivity index (χ0n) is 14.6. The van der Waals surface area contributed by atoms with Crippen LogP contribution in [0.15, 0.2) is 47.7 Å². The third-order valence-electron chi connectivity index (χ3n) is 3.83. The van der Waals surface area contributed by atoms with Crippen molar-refractivity contribution in [2.45, 2.75) is 0 Å². The van der Waals surface area contributed by atoms with Gasteiger partial charge in [-0.3, -0.25) is 10.4 Å². The van der Waals surface area contributed by atoms with Crippen LogP contribution in [-0.4, -0.2) is 32.5 Å². The number of anilines is 1. The number of hydrogen-bond donors (Lipinski definition) is 1. The zero-order chi connectivity index (χ0) is 18.5. The molecule has 0 saturated carbocycles. The van der Waals surface area contributed by atoms with Gasteiger partial charge in [-0.15, -0.1) is 0 Å². The lowest BCUT2D eigenvalue weighted by Gasteiger charge is -2.12. The number of fused-ring (bicyclic) bond motifs is 1. The Morgan fingerprint density at radius 2 is 1.69 bits per heavy atom. The minimum atomic E-state index is 0.589. The van der Waals surface area contributed by atoms with Gasteiger partial charge in [-0.2, -0.15) is 5.10 Å². The Labute approximate surface area is 156 Å². The van der Waals surface area contributed by atoms with E-state index in [0.29, 0.717) is 22.3 Å². The van der Waals surface area contributed by atoms with Gasteiger partial charge in [-0.05, 0) is 30.3 Å². The van der Waals surface area contributed by atoms with Gasteiger partial charge in [0.25, 0.3) is 0 Å². The van der Waals surface area contributed by atoms with E-state index in [1.54, 1.807) is 45.9 Å². The summed E-state index contributed by atoms with van der Waals surface area (Å²) in [6.07, 6.45) is 3.36. The first kappa shape index (κ1) is 17.8. The van der Waals surface area contributed by atoms with Crippen LogP contribution in [0.5, 0.6) is 17.2 Å². The number of rotatable bonds is 6. The van der Waals surface area contributed by atoms with Gasteiger partial charge in [-0.1, -0.05) is 11.6 Å². The third kappa shape index (κ3) is 3.65. The summed E-state index contributed by atoms with van der Waals surface area (Å²) in [7, 11) is 4.75. The van der Waals surface area contributed by atoms with E-state index in [1.807, 2.05) is 24.3 Å². The second kappa shape index (κ2) is 7.93. The molecule has 2 aromatic carbocycles. The lowest BCUT2D eigenvalue weighted by Crippen LogP contribution is -1.98. The highest BCUT2D eigenvalue weighted by atomic mass is 35.5. The standard InChI is InChI=1S/C19H18ClN3O3/c1-24-17-10-19(26-3)18(25-2)8-12(17)11-22-23-15-6-7-21-16-9-13(20)4-5-14(15)16/h4-11H,1-3H3,(H,21,23)/b22-11-. The van der Waals surface area contributed by atoms with Crippen molar-refractivity contribution in [1.29, 1.82) is 0 Å². The van der Waals surface area contributed by atoms with Crippen LogP contribution in [0, 0.1) is 0 Å². The summed E-state index contributed by atoms with van der Waals surface area (Å²) >= 11 is 6.02. The van der Waals surface area contributed by atoms with Crippen LogP contribution < -0.4 is 19.6 Å². The molecule has 0 unspecified atom stereocenters. The van der Waals surface area contributed by atoms with E-state index in [-0.39, 0.29) is 0 Å². The molecule has 0 aliphatic rings. The van der Waals surface area contributed by atoms with Crippen molar-refractivity contribution in [2.24, 2.45) is 5.10 Å². The fraction of sp³-hybridized carbons (Fsp3) is 0.158. The van der Waals surface area contributed by atoms with Crippen LogP contribution in [0.4, 0.5) is 5.69 Å². The Morgan fingerprint density at radius 1 is 0.962 bits per heavy atom. The molecule has 0 atom stereocenters. The summed E-state index contributed by atoms with van der Waals surface area (Å²) in [5.74, 6) is 1.81. The Bertz CT molecular complexity index is 960. The minimum Gasteiger partial charge on any atom is -0.496 e. The second-order valence-corrected chi connectivity index (χ2v) is 5.78. The molecule has 0 amide bonds. The molecular formula is C19H18ClN3O3. The van der Waals surface area contributed by atoms with Gasteiger partial charge in [0.05, 0.1) is 38.7 Å². The summed E-state index contributed by atoms with van der Waals surface area (Å²) < 4.78 is 16.0. The fourth-order valence-corrected chi connectivity index (χ4v) is 2.71. The summed E-state index contributed by atoms with van der Waals surface area (Å²) in [6, 6.07) is 10.9. The van der Waals surface area contributed by atoms with E-state index in [9.17, 15) is 0 Å². The third-order valence-corrected chi connectivity index (χ3v) is 4.06. The van der Waals surface area contributed by atoms with Gasteiger partial charge in [0.2, 0.25) is 0 Å². The highest BCUT2D eigenvalue weighted by Gasteiger charge is 2.10. The highest BCUT2D eigenvalue weighted by Crippen LogP contribution is 2.33. The van der Waals surface area contributed by atoms with E-state index in [4.69, 9.17) is 25.8 Å². The maximum absolute atomic E-state index is 6.02. The maximum Gasteiger partial charge on any atom is 0.164 e. The largest absolute Gasteiger partial charge is 0.496 e. The van der Waals surface area contributed by atoms with E-state index in [1.165, 1.54) is 0 Å². The summed E-state index contributed by atoms with van der Waals surface area (Å²) in [4.78, 5) is 4.31. The molecule has 0 bridgehead atoms. The predicted molar refractivity (Wildman–Crippen MR) is 104 cm³/mol. The van der Waals surface area contributed by atoms with Crippen molar-refractivity contribution in [3.63, 3.8) is 0 Å². The van der Waals surface area contributed by atoms with Gasteiger partial charge in [-0.25, -0.2) is 0 Å². The Kier molecular flexibility index (Phi) is 5.43. The smallest absolute Gasteiger partial charge is 0.164 e. The average molecular weight is 372 g/mol. The van der Waals surface area contributed by atoms with Crippen LogP contribution in [0.1, 0.15) is 5.56 Å². The summed E-state index contributed by atoms with van der Waals surface area (Å²) in [6.45, 7) is 0. The Morgan fingerprint density at radius 3 is 2.42 bits per heavy atom. The van der Waals surface area contributed by atoms with E-state index in [0.717, 1.165) is 22.2 Å². The van der Waals surface area contributed by atoms with Gasteiger partial charge in [0, 0.05) is 28.2 Å². The first-order valence-corrected chi connectivity index (χ1v) is 8.17. The van der Waals surface area contributed by atoms with Crippen molar-refractivity contribution >= 4 is 34.4 Å². The van der Waals surface area contributed by atoms with Crippen LogP contribution in [0.2, 0.25) is 5.02 Å². The lowest BCUT2D eigenvalue weighted by atomic mass is 10.2. The summed E-state index contributed by atoms with van der Waals surface area (Å²) in [5, 5.41) is 5.88. The predicted octanol–water partition coefficient (Wildman–Crippen LogP) is 4.36. The number of methoxy groups -OCH3 is 3. The maximum atomic E-state index is 6.02. The molecule has 1 aromatic heterocycles. The molecule has 26 heavy (non-hydrogen) atoms. The molecule has 0 spiro atoms. The quantitative estimate of drug-likeness (QED) is 0.515. The lowest BCUT2D eigenvalue weighted by molar-refractivity contribution is 0.349. The van der Waals surface area contributed by atoms with Gasteiger partial charge in [0.15, 0.2) is 11.5 Å². The van der Waals surface area contributed by atoms with Crippen molar-refractivity contribution < 1.29 is 14.2 Å². The number of halogens is 1. The molecule has 3 rings (SSSR count).